The smallest absolute Gasteiger partial charge is 0.169 e. The minimum absolute atomic E-state index is 0.211. The summed E-state index contributed by atoms with van der Waals surface area (Å²) in [5.74, 6) is 0.927. The van der Waals surface area contributed by atoms with Gasteiger partial charge in [-0.25, -0.2) is 4.39 Å². The number of hydrogen-bond donors (Lipinski definition) is 1. The van der Waals surface area contributed by atoms with E-state index in [4.69, 9.17) is 12.2 Å². The SMILES string of the molecule is CC(C)CN(CC(C)C)C(=S)NCc1ccc(F)cc1. The summed E-state index contributed by atoms with van der Waals surface area (Å²) in [4.78, 5) is 2.22. The number of hydrogen-bond acceptors (Lipinski definition) is 1. The highest BCUT2D eigenvalue weighted by atomic mass is 32.1. The molecule has 1 N–H and O–H groups in total. The zero-order chi connectivity index (χ0) is 15.1. The molecule has 0 unspecified atom stereocenters. The molecule has 4 heteroatoms. The van der Waals surface area contributed by atoms with Crippen molar-refractivity contribution in [3.8, 4) is 0 Å². The van der Waals surface area contributed by atoms with E-state index in [0.29, 0.717) is 18.4 Å². The van der Waals surface area contributed by atoms with E-state index in [1.54, 1.807) is 12.1 Å². The van der Waals surface area contributed by atoms with E-state index in [2.05, 4.69) is 37.9 Å². The van der Waals surface area contributed by atoms with Gasteiger partial charge in [-0.05, 0) is 41.7 Å². The van der Waals surface area contributed by atoms with Crippen molar-refractivity contribution in [2.75, 3.05) is 13.1 Å². The number of thiocarbonyl (C=S) groups is 1. The highest BCUT2D eigenvalue weighted by Gasteiger charge is 2.12. The molecule has 112 valence electrons. The quantitative estimate of drug-likeness (QED) is 0.804. The average Bonchev–Trinajstić information content (AvgIpc) is 2.36. The van der Waals surface area contributed by atoms with Gasteiger partial charge in [-0.3, -0.25) is 0 Å². The second-order valence-corrected chi connectivity index (χ2v) is 6.36. The van der Waals surface area contributed by atoms with Gasteiger partial charge in [0.25, 0.3) is 0 Å². The Kier molecular flexibility index (Phi) is 6.93. The van der Waals surface area contributed by atoms with Crippen LogP contribution in [0.2, 0.25) is 0 Å². The first-order chi connectivity index (χ1) is 9.38. The van der Waals surface area contributed by atoms with Crippen LogP contribution in [0.15, 0.2) is 24.3 Å². The molecule has 0 aliphatic rings. The van der Waals surface area contributed by atoms with E-state index in [-0.39, 0.29) is 5.82 Å². The number of nitrogens with one attached hydrogen (secondary N) is 1. The molecule has 0 heterocycles. The third kappa shape index (κ3) is 6.33. The van der Waals surface area contributed by atoms with Gasteiger partial charge < -0.3 is 10.2 Å². The molecule has 0 aromatic heterocycles. The molecular weight excluding hydrogens is 271 g/mol. The number of benzene rings is 1. The molecular formula is C16H25FN2S. The Bertz CT molecular complexity index is 405. The van der Waals surface area contributed by atoms with Crippen LogP contribution in [0.5, 0.6) is 0 Å². The van der Waals surface area contributed by atoms with Crippen LogP contribution in [0.1, 0.15) is 33.3 Å². The molecule has 0 radical (unpaired) electrons. The summed E-state index contributed by atoms with van der Waals surface area (Å²) >= 11 is 5.48. The summed E-state index contributed by atoms with van der Waals surface area (Å²) in [7, 11) is 0. The lowest BCUT2D eigenvalue weighted by molar-refractivity contribution is 0.324. The fraction of sp³-hybridized carbons (Fsp3) is 0.562. The third-order valence-electron chi connectivity index (χ3n) is 2.82. The van der Waals surface area contributed by atoms with E-state index in [1.807, 2.05) is 0 Å². The summed E-state index contributed by atoms with van der Waals surface area (Å²) in [6, 6.07) is 6.50. The van der Waals surface area contributed by atoms with Gasteiger partial charge in [0.15, 0.2) is 5.11 Å². The Morgan fingerprint density at radius 2 is 1.60 bits per heavy atom. The maximum absolute atomic E-state index is 12.8. The van der Waals surface area contributed by atoms with Gasteiger partial charge in [-0.2, -0.15) is 0 Å². The van der Waals surface area contributed by atoms with Crippen LogP contribution in [0.25, 0.3) is 0 Å². The maximum Gasteiger partial charge on any atom is 0.169 e. The van der Waals surface area contributed by atoms with E-state index in [9.17, 15) is 4.39 Å². The Balaban J connectivity index is 2.54. The lowest BCUT2D eigenvalue weighted by Crippen LogP contribution is -2.43. The Labute approximate surface area is 127 Å². The molecule has 20 heavy (non-hydrogen) atoms. The highest BCUT2D eigenvalue weighted by Crippen LogP contribution is 2.06. The van der Waals surface area contributed by atoms with E-state index in [0.717, 1.165) is 23.8 Å². The first kappa shape index (κ1) is 16.9. The molecule has 0 bridgehead atoms. The minimum Gasteiger partial charge on any atom is -0.358 e. The van der Waals surface area contributed by atoms with Crippen LogP contribution in [0.3, 0.4) is 0 Å². The van der Waals surface area contributed by atoms with Crippen LogP contribution in [-0.2, 0) is 6.54 Å². The molecule has 0 aliphatic heterocycles. The lowest BCUT2D eigenvalue weighted by Gasteiger charge is -2.29. The van der Waals surface area contributed by atoms with Crippen LogP contribution in [0, 0.1) is 17.7 Å². The lowest BCUT2D eigenvalue weighted by atomic mass is 10.1. The zero-order valence-electron chi connectivity index (χ0n) is 12.8. The standard InChI is InChI=1S/C16H25FN2S/c1-12(2)10-19(11-13(3)4)16(20)18-9-14-5-7-15(17)8-6-14/h5-8,12-13H,9-11H2,1-4H3,(H,18,20). The van der Waals surface area contributed by atoms with Crippen molar-refractivity contribution in [1.82, 2.24) is 10.2 Å². The Hall–Kier alpha value is -1.16. The summed E-state index contributed by atoms with van der Waals surface area (Å²) in [5.41, 5.74) is 1.03. The summed E-state index contributed by atoms with van der Waals surface area (Å²) in [6.45, 7) is 11.3. The van der Waals surface area contributed by atoms with E-state index < -0.39 is 0 Å². The molecule has 2 nitrogen and oxygen atoms in total. The molecule has 0 atom stereocenters. The van der Waals surface area contributed by atoms with Crippen molar-refractivity contribution >= 4 is 17.3 Å². The number of nitrogens with zero attached hydrogens (tertiary/aromatic N) is 1. The van der Waals surface area contributed by atoms with Crippen LogP contribution in [-0.4, -0.2) is 23.1 Å². The van der Waals surface area contributed by atoms with Crippen LogP contribution < -0.4 is 5.32 Å². The fourth-order valence-electron chi connectivity index (χ4n) is 2.01. The second kappa shape index (κ2) is 8.20. The summed E-state index contributed by atoms with van der Waals surface area (Å²) in [5, 5.41) is 4.04. The Morgan fingerprint density at radius 3 is 2.05 bits per heavy atom. The van der Waals surface area contributed by atoms with Gasteiger partial charge in [0.1, 0.15) is 5.82 Å². The predicted octanol–water partition coefficient (Wildman–Crippen LogP) is 3.81. The molecule has 1 aromatic carbocycles. The van der Waals surface area contributed by atoms with Gasteiger partial charge in [-0.15, -0.1) is 0 Å². The fourth-order valence-corrected chi connectivity index (χ4v) is 2.23. The average molecular weight is 296 g/mol. The van der Waals surface area contributed by atoms with E-state index in [1.165, 1.54) is 12.1 Å². The molecule has 1 rings (SSSR count). The van der Waals surface area contributed by atoms with Gasteiger partial charge in [0.2, 0.25) is 0 Å². The van der Waals surface area contributed by atoms with Gasteiger partial charge in [0.05, 0.1) is 0 Å². The van der Waals surface area contributed by atoms with Crippen LogP contribution in [0.4, 0.5) is 4.39 Å². The third-order valence-corrected chi connectivity index (χ3v) is 3.22. The number of halogens is 1. The predicted molar refractivity (Wildman–Crippen MR) is 87.1 cm³/mol. The zero-order valence-corrected chi connectivity index (χ0v) is 13.6. The molecule has 0 aliphatic carbocycles. The summed E-state index contributed by atoms with van der Waals surface area (Å²) < 4.78 is 12.8. The molecule has 0 fully saturated rings. The van der Waals surface area contributed by atoms with Crippen molar-refractivity contribution in [2.45, 2.75) is 34.2 Å². The largest absolute Gasteiger partial charge is 0.358 e. The molecule has 0 saturated carbocycles. The Morgan fingerprint density at radius 1 is 1.10 bits per heavy atom. The van der Waals surface area contributed by atoms with Crippen molar-refractivity contribution in [3.63, 3.8) is 0 Å². The first-order valence-electron chi connectivity index (χ1n) is 7.15. The van der Waals surface area contributed by atoms with Crippen molar-refractivity contribution in [1.29, 1.82) is 0 Å². The molecule has 0 spiro atoms. The van der Waals surface area contributed by atoms with Gasteiger partial charge in [-0.1, -0.05) is 39.8 Å². The van der Waals surface area contributed by atoms with Crippen LogP contribution >= 0.6 is 12.2 Å². The summed E-state index contributed by atoms with van der Waals surface area (Å²) in [6.07, 6.45) is 0. The monoisotopic (exact) mass is 296 g/mol. The minimum atomic E-state index is -0.211. The molecule has 0 amide bonds. The second-order valence-electron chi connectivity index (χ2n) is 5.98. The van der Waals surface area contributed by atoms with E-state index >= 15 is 0 Å². The molecule has 1 aromatic rings. The highest BCUT2D eigenvalue weighted by molar-refractivity contribution is 7.80. The van der Waals surface area contributed by atoms with Crippen molar-refractivity contribution < 1.29 is 4.39 Å². The molecule has 0 saturated heterocycles. The number of rotatable bonds is 6. The van der Waals surface area contributed by atoms with Crippen molar-refractivity contribution in [2.24, 2.45) is 11.8 Å². The maximum atomic E-state index is 12.8. The van der Waals surface area contributed by atoms with Crippen molar-refractivity contribution in [3.05, 3.63) is 35.6 Å². The van der Waals surface area contributed by atoms with Gasteiger partial charge in [0, 0.05) is 19.6 Å². The van der Waals surface area contributed by atoms with Gasteiger partial charge >= 0.3 is 0 Å². The topological polar surface area (TPSA) is 15.3 Å². The normalized spacial score (nSPS) is 10.9. The first-order valence-corrected chi connectivity index (χ1v) is 7.56.